The summed E-state index contributed by atoms with van der Waals surface area (Å²) in [5.74, 6) is -1.07. The molecule has 0 radical (unpaired) electrons. The van der Waals surface area contributed by atoms with Crippen molar-refractivity contribution in [1.82, 2.24) is 39.5 Å². The fourth-order valence-corrected chi connectivity index (χ4v) is 10.2. The predicted molar refractivity (Wildman–Crippen MR) is 219 cm³/mol. The molecule has 3 saturated heterocycles. The van der Waals surface area contributed by atoms with Gasteiger partial charge in [-0.15, -0.1) is 0 Å². The standard InChI is InChI=1S/C44H46N10O6/c55-38-12-11-36(41(57)48-38)54-42(58)31-10-9-30(18-32(31)43(54)59)50-15-1-13-44(23-50)24-51(25-44)28-5-7-29(8-6-28)53-21-27-17-35(37(19-34(27)49-53)60-22-26-3-4-26)47-40(56)33-20-46-52-16-2-14-45-39(33)52/h2,9-10,14,16-21,26,28-29,36H,1,3-8,11-13,15,22-25H2,(H,47,56)(H,48,55,57). The van der Waals surface area contributed by atoms with Gasteiger partial charge in [-0.3, -0.25) is 43.8 Å². The van der Waals surface area contributed by atoms with E-state index in [1.54, 1.807) is 29.0 Å². The Morgan fingerprint density at radius 2 is 1.75 bits per heavy atom. The maximum Gasteiger partial charge on any atom is 0.262 e. The first-order valence-corrected chi connectivity index (χ1v) is 21.3. The molecule has 1 spiro atoms. The molecule has 6 aliphatic rings. The van der Waals surface area contributed by atoms with Crippen LogP contribution in [0.25, 0.3) is 16.6 Å². The van der Waals surface area contributed by atoms with E-state index in [0.717, 1.165) is 99.0 Å². The second kappa shape index (κ2) is 14.2. The Bertz CT molecular complexity index is 2600. The van der Waals surface area contributed by atoms with Crippen LogP contribution in [0, 0.1) is 11.3 Å². The van der Waals surface area contributed by atoms with Gasteiger partial charge in [0.25, 0.3) is 17.7 Å². The minimum absolute atomic E-state index is 0.0951. The second-order valence-corrected chi connectivity index (χ2v) is 17.7. The number of nitrogens with zero attached hydrogens (tertiary/aromatic N) is 8. The van der Waals surface area contributed by atoms with Crippen molar-refractivity contribution in [2.75, 3.05) is 43.0 Å². The SMILES string of the molecule is O=C1CCC(N2C(=O)c3ccc(N4CCCC5(C4)CN(C4CCC(n6cc7cc(NC(=O)c8cnn9cccnc89)c(OCC8CC8)cc7n6)CC4)C5)cc3C2=O)C(=O)N1. The number of fused-ring (bicyclic) bond motifs is 3. The van der Waals surface area contributed by atoms with Crippen LogP contribution in [0.5, 0.6) is 5.75 Å². The molecule has 7 heterocycles. The predicted octanol–water partition coefficient (Wildman–Crippen LogP) is 4.61. The van der Waals surface area contributed by atoms with E-state index in [0.29, 0.717) is 52.3 Å². The Labute approximate surface area is 345 Å². The van der Waals surface area contributed by atoms with Gasteiger partial charge in [0.2, 0.25) is 11.8 Å². The molecule has 11 rings (SSSR count). The third-order valence-corrected chi connectivity index (χ3v) is 13.7. The molecule has 16 nitrogen and oxygen atoms in total. The van der Waals surface area contributed by atoms with Gasteiger partial charge in [-0.2, -0.15) is 10.2 Å². The van der Waals surface area contributed by atoms with Crippen LogP contribution in [0.15, 0.2) is 61.2 Å². The third kappa shape index (κ3) is 6.48. The zero-order valence-corrected chi connectivity index (χ0v) is 33.2. The molecular formula is C44H46N10O6. The van der Waals surface area contributed by atoms with Gasteiger partial charge >= 0.3 is 0 Å². The van der Waals surface area contributed by atoms with E-state index in [4.69, 9.17) is 9.84 Å². The number of hydrogen-bond donors (Lipinski definition) is 2. The number of likely N-dealkylation sites (tertiary alicyclic amines) is 1. The highest BCUT2D eigenvalue weighted by atomic mass is 16.5. The minimum atomic E-state index is -0.972. The average molecular weight is 811 g/mol. The van der Waals surface area contributed by atoms with Crippen molar-refractivity contribution in [3.63, 3.8) is 0 Å². The molecule has 16 heteroatoms. The number of imide groups is 2. The van der Waals surface area contributed by atoms with E-state index in [1.807, 2.05) is 24.3 Å². The Morgan fingerprint density at radius 3 is 2.57 bits per heavy atom. The Hall–Kier alpha value is -6.16. The fourth-order valence-electron chi connectivity index (χ4n) is 10.2. The number of carbonyl (C=O) groups is 5. The smallest absolute Gasteiger partial charge is 0.262 e. The highest BCUT2D eigenvalue weighted by molar-refractivity contribution is 6.23. The molecule has 5 amide bonds. The Kier molecular flexibility index (Phi) is 8.76. The molecule has 2 aromatic carbocycles. The topological polar surface area (TPSA) is 176 Å². The van der Waals surface area contributed by atoms with Gasteiger partial charge < -0.3 is 15.0 Å². The molecule has 2 N–H and O–H groups in total. The summed E-state index contributed by atoms with van der Waals surface area (Å²) < 4.78 is 9.96. The molecule has 60 heavy (non-hydrogen) atoms. The quantitative estimate of drug-likeness (QED) is 0.199. The Balaban J connectivity index is 0.727. The molecule has 3 aromatic heterocycles. The number of amides is 5. The molecule has 5 aromatic rings. The number of ether oxygens (including phenoxy) is 1. The van der Waals surface area contributed by atoms with Crippen molar-refractivity contribution in [1.29, 1.82) is 0 Å². The third-order valence-electron chi connectivity index (χ3n) is 13.7. The summed E-state index contributed by atoms with van der Waals surface area (Å²) >= 11 is 0. The lowest BCUT2D eigenvalue weighted by molar-refractivity contribution is -0.136. The molecule has 5 fully saturated rings. The van der Waals surface area contributed by atoms with Gasteiger partial charge in [0, 0.05) is 79.8 Å². The molecule has 4 aliphatic heterocycles. The normalized spacial score (nSPS) is 24.2. The number of hydrogen-bond acceptors (Lipinski definition) is 11. The molecular weight excluding hydrogens is 765 g/mol. The van der Waals surface area contributed by atoms with E-state index < -0.39 is 23.8 Å². The first-order chi connectivity index (χ1) is 29.2. The van der Waals surface area contributed by atoms with E-state index in [2.05, 4.69) is 41.4 Å². The zero-order valence-electron chi connectivity index (χ0n) is 33.2. The van der Waals surface area contributed by atoms with Crippen LogP contribution in [0.4, 0.5) is 11.4 Å². The highest BCUT2D eigenvalue weighted by Crippen LogP contribution is 2.45. The summed E-state index contributed by atoms with van der Waals surface area (Å²) in [4.78, 5) is 74.9. The summed E-state index contributed by atoms with van der Waals surface area (Å²) in [5, 5.41) is 15.6. The van der Waals surface area contributed by atoms with Crippen molar-refractivity contribution in [3.8, 4) is 5.75 Å². The van der Waals surface area contributed by atoms with Crippen LogP contribution in [0.1, 0.15) is 101 Å². The maximum absolute atomic E-state index is 13.5. The molecule has 1 atom stereocenters. The van der Waals surface area contributed by atoms with Gasteiger partial charge in [0.1, 0.15) is 17.4 Å². The van der Waals surface area contributed by atoms with Crippen molar-refractivity contribution in [3.05, 3.63) is 77.9 Å². The van der Waals surface area contributed by atoms with Crippen molar-refractivity contribution >= 4 is 57.5 Å². The minimum Gasteiger partial charge on any atom is -0.491 e. The fraction of sp³-hybridized carbons (Fsp3) is 0.455. The van der Waals surface area contributed by atoms with Gasteiger partial charge in [-0.1, -0.05) is 0 Å². The number of benzene rings is 2. The van der Waals surface area contributed by atoms with Crippen molar-refractivity contribution < 1.29 is 28.7 Å². The second-order valence-electron chi connectivity index (χ2n) is 17.7. The summed E-state index contributed by atoms with van der Waals surface area (Å²) in [7, 11) is 0. The number of carbonyl (C=O) groups excluding carboxylic acids is 5. The van der Waals surface area contributed by atoms with Crippen LogP contribution in [-0.4, -0.2) is 109 Å². The molecule has 2 aliphatic carbocycles. The van der Waals surface area contributed by atoms with Crippen LogP contribution < -0.4 is 20.3 Å². The molecule has 1 unspecified atom stereocenters. The lowest BCUT2D eigenvalue weighted by Gasteiger charge is -2.58. The van der Waals surface area contributed by atoms with Gasteiger partial charge in [0.05, 0.1) is 41.2 Å². The summed E-state index contributed by atoms with van der Waals surface area (Å²) in [5.41, 5.74) is 4.07. The summed E-state index contributed by atoms with van der Waals surface area (Å²) in [6.07, 6.45) is 16.0. The molecule has 308 valence electrons. The van der Waals surface area contributed by atoms with Crippen LogP contribution >= 0.6 is 0 Å². The monoisotopic (exact) mass is 810 g/mol. The first-order valence-electron chi connectivity index (χ1n) is 21.3. The van der Waals surface area contributed by atoms with Gasteiger partial charge in [-0.25, -0.2) is 9.50 Å². The van der Waals surface area contributed by atoms with Crippen molar-refractivity contribution in [2.45, 2.75) is 82.3 Å². The van der Waals surface area contributed by atoms with Crippen LogP contribution in [-0.2, 0) is 9.59 Å². The number of aromatic nitrogens is 5. The first kappa shape index (κ1) is 36.9. The highest BCUT2D eigenvalue weighted by Gasteiger charge is 2.49. The summed E-state index contributed by atoms with van der Waals surface area (Å²) in [6.45, 7) is 4.46. The number of piperidine rings is 2. The lowest BCUT2D eigenvalue weighted by Crippen LogP contribution is -2.65. The van der Waals surface area contributed by atoms with Crippen molar-refractivity contribution in [2.24, 2.45) is 11.3 Å². The van der Waals surface area contributed by atoms with E-state index in [1.165, 1.54) is 6.20 Å². The van der Waals surface area contributed by atoms with Gasteiger partial charge in [-0.05, 0) is 94.0 Å². The Morgan fingerprint density at radius 1 is 0.933 bits per heavy atom. The average Bonchev–Trinajstić information content (AvgIpc) is 3.74. The number of rotatable bonds is 9. The number of anilines is 2. The lowest BCUT2D eigenvalue weighted by atomic mass is 9.71. The van der Waals surface area contributed by atoms with E-state index in [9.17, 15) is 24.0 Å². The maximum atomic E-state index is 13.5. The summed E-state index contributed by atoms with van der Waals surface area (Å²) in [6, 6.07) is 11.0. The molecule has 2 saturated carbocycles. The van der Waals surface area contributed by atoms with Crippen LogP contribution in [0.2, 0.25) is 0 Å². The zero-order chi connectivity index (χ0) is 40.7. The number of nitrogens with one attached hydrogen (secondary N) is 2. The largest absolute Gasteiger partial charge is 0.491 e. The molecule has 0 bridgehead atoms. The van der Waals surface area contributed by atoms with E-state index >= 15 is 0 Å². The van der Waals surface area contributed by atoms with Gasteiger partial charge in [0.15, 0.2) is 5.65 Å². The van der Waals surface area contributed by atoms with E-state index in [-0.39, 0.29) is 36.1 Å². The van der Waals surface area contributed by atoms with Crippen LogP contribution in [0.3, 0.4) is 0 Å².